The summed E-state index contributed by atoms with van der Waals surface area (Å²) in [5.74, 6) is -0.0453. The second kappa shape index (κ2) is 8.09. The first-order valence-electron chi connectivity index (χ1n) is 9.99. The van der Waals surface area contributed by atoms with Crippen LogP contribution in [-0.4, -0.2) is 38.3 Å². The number of hydrogen-bond acceptors (Lipinski definition) is 3. The van der Waals surface area contributed by atoms with Crippen LogP contribution >= 0.6 is 11.6 Å². The van der Waals surface area contributed by atoms with E-state index in [-0.39, 0.29) is 27.2 Å². The molecule has 5 nitrogen and oxygen atoms in total. The summed E-state index contributed by atoms with van der Waals surface area (Å²) in [6.07, 6.45) is 3.54. The minimum absolute atomic E-state index is 0.0547. The van der Waals surface area contributed by atoms with E-state index >= 15 is 0 Å². The van der Waals surface area contributed by atoms with E-state index in [1.54, 1.807) is 18.2 Å². The summed E-state index contributed by atoms with van der Waals surface area (Å²) < 4.78 is 27.1. The Kier molecular flexibility index (Phi) is 5.69. The van der Waals surface area contributed by atoms with Crippen molar-refractivity contribution in [1.82, 2.24) is 9.62 Å². The van der Waals surface area contributed by atoms with Crippen LogP contribution in [0.4, 0.5) is 0 Å². The summed E-state index contributed by atoms with van der Waals surface area (Å²) in [5.41, 5.74) is 1.05. The molecule has 1 spiro atoms. The minimum Gasteiger partial charge on any atom is -0.356 e. The monoisotopic (exact) mass is 432 g/mol. The summed E-state index contributed by atoms with van der Waals surface area (Å²) in [6, 6.07) is 16.7. The van der Waals surface area contributed by atoms with Gasteiger partial charge in [0.2, 0.25) is 15.9 Å². The molecule has 7 heteroatoms. The lowest BCUT2D eigenvalue weighted by Gasteiger charge is -2.59. The van der Waals surface area contributed by atoms with E-state index in [0.29, 0.717) is 19.6 Å². The highest BCUT2D eigenvalue weighted by molar-refractivity contribution is 7.89. The van der Waals surface area contributed by atoms with Crippen LogP contribution in [0.25, 0.3) is 0 Å². The Hall–Kier alpha value is -1.89. The van der Waals surface area contributed by atoms with Crippen molar-refractivity contribution in [3.63, 3.8) is 0 Å². The molecule has 1 aliphatic carbocycles. The Bertz CT molecular complexity index is 988. The highest BCUT2D eigenvalue weighted by atomic mass is 35.5. The van der Waals surface area contributed by atoms with Gasteiger partial charge in [-0.2, -0.15) is 4.31 Å². The predicted octanol–water partition coefficient (Wildman–Crippen LogP) is 3.49. The van der Waals surface area contributed by atoms with E-state index in [2.05, 4.69) is 17.4 Å². The minimum atomic E-state index is -3.61. The van der Waals surface area contributed by atoms with Gasteiger partial charge in [-0.1, -0.05) is 54.1 Å². The number of sulfonamides is 1. The number of aryl methyl sites for hydroxylation is 1. The maximum absolute atomic E-state index is 12.8. The zero-order valence-corrected chi connectivity index (χ0v) is 17.8. The van der Waals surface area contributed by atoms with Gasteiger partial charge in [0, 0.05) is 31.0 Å². The molecule has 1 N–H and O–H groups in total. The third kappa shape index (κ3) is 3.93. The molecule has 1 atom stereocenters. The fourth-order valence-electron chi connectivity index (χ4n) is 4.38. The first-order valence-corrected chi connectivity index (χ1v) is 11.8. The predicted molar refractivity (Wildman–Crippen MR) is 113 cm³/mol. The van der Waals surface area contributed by atoms with Gasteiger partial charge in [-0.25, -0.2) is 8.42 Å². The number of hydrogen-bond donors (Lipinski definition) is 1. The Morgan fingerprint density at radius 1 is 1.10 bits per heavy atom. The molecule has 1 saturated heterocycles. The highest BCUT2D eigenvalue weighted by Crippen LogP contribution is 2.54. The van der Waals surface area contributed by atoms with Crippen molar-refractivity contribution in [3.8, 4) is 0 Å². The summed E-state index contributed by atoms with van der Waals surface area (Å²) in [5, 5.41) is 3.28. The van der Waals surface area contributed by atoms with Gasteiger partial charge >= 0.3 is 0 Å². The number of carbonyl (C=O) groups is 1. The Balaban J connectivity index is 1.29. The number of nitrogens with zero attached hydrogens (tertiary/aromatic N) is 1. The van der Waals surface area contributed by atoms with Crippen molar-refractivity contribution in [3.05, 3.63) is 65.2 Å². The van der Waals surface area contributed by atoms with E-state index in [4.69, 9.17) is 11.6 Å². The molecule has 29 heavy (non-hydrogen) atoms. The van der Waals surface area contributed by atoms with Crippen LogP contribution in [0.3, 0.4) is 0 Å². The molecule has 2 aliphatic rings. The lowest BCUT2D eigenvalue weighted by atomic mass is 9.56. The van der Waals surface area contributed by atoms with Gasteiger partial charge < -0.3 is 5.32 Å². The van der Waals surface area contributed by atoms with Gasteiger partial charge in [-0.15, -0.1) is 0 Å². The molecule has 2 aromatic carbocycles. The van der Waals surface area contributed by atoms with Gasteiger partial charge in [0.25, 0.3) is 0 Å². The average Bonchev–Trinajstić information content (AvgIpc) is 2.64. The van der Waals surface area contributed by atoms with E-state index in [9.17, 15) is 13.2 Å². The first kappa shape index (κ1) is 20.4. The number of benzene rings is 2. The topological polar surface area (TPSA) is 66.5 Å². The summed E-state index contributed by atoms with van der Waals surface area (Å²) >= 11 is 6.08. The molecule has 2 fully saturated rings. The van der Waals surface area contributed by atoms with Crippen LogP contribution < -0.4 is 5.32 Å². The zero-order valence-electron chi connectivity index (χ0n) is 16.2. The normalized spacial score (nSPS) is 20.7. The van der Waals surface area contributed by atoms with Gasteiger partial charge in [0.15, 0.2) is 0 Å². The molecule has 1 saturated carbocycles. The number of carbonyl (C=O) groups excluding carboxylic acids is 1. The summed E-state index contributed by atoms with van der Waals surface area (Å²) in [7, 11) is -3.61. The second-order valence-corrected chi connectivity index (χ2v) is 10.4. The SMILES string of the molecule is O=C(NCCCc1ccccc1)[C@H]1CCC12CN(S(=O)(=O)c1ccccc1Cl)C2. The van der Waals surface area contributed by atoms with Crippen molar-refractivity contribution in [2.45, 2.75) is 30.6 Å². The third-order valence-corrected chi connectivity index (χ3v) is 8.50. The quantitative estimate of drug-likeness (QED) is 0.681. The van der Waals surface area contributed by atoms with Gasteiger partial charge in [0.1, 0.15) is 4.90 Å². The Labute approximate surface area is 177 Å². The van der Waals surface area contributed by atoms with Crippen molar-refractivity contribution in [2.75, 3.05) is 19.6 Å². The molecule has 0 unspecified atom stereocenters. The largest absolute Gasteiger partial charge is 0.356 e. The van der Waals surface area contributed by atoms with Crippen LogP contribution in [0.2, 0.25) is 5.02 Å². The molecule has 0 bridgehead atoms. The van der Waals surface area contributed by atoms with Gasteiger partial charge in [0.05, 0.1) is 5.02 Å². The van der Waals surface area contributed by atoms with Gasteiger partial charge in [-0.3, -0.25) is 4.79 Å². The molecular formula is C22H25ClN2O3S. The standard InChI is InChI=1S/C22H25ClN2O3S/c23-19-10-4-5-11-20(19)29(27,28)25-15-22(16-25)13-12-18(22)21(26)24-14-6-9-17-7-2-1-3-8-17/h1-5,7-8,10-11,18H,6,9,12-16H2,(H,24,26)/t18-/m1/s1. The van der Waals surface area contributed by atoms with Crippen LogP contribution in [0.15, 0.2) is 59.5 Å². The maximum Gasteiger partial charge on any atom is 0.244 e. The zero-order chi connectivity index (χ0) is 20.5. The van der Waals surface area contributed by atoms with E-state index in [1.807, 2.05) is 18.2 Å². The molecule has 2 aromatic rings. The second-order valence-electron chi connectivity index (χ2n) is 8.04. The molecule has 1 heterocycles. The van der Waals surface area contributed by atoms with Crippen LogP contribution in [0, 0.1) is 11.3 Å². The molecule has 4 rings (SSSR count). The van der Waals surface area contributed by atoms with E-state index in [0.717, 1.165) is 25.7 Å². The average molecular weight is 433 g/mol. The number of amides is 1. The lowest BCUT2D eigenvalue weighted by molar-refractivity contribution is -0.146. The highest BCUT2D eigenvalue weighted by Gasteiger charge is 2.60. The fraction of sp³-hybridized carbons (Fsp3) is 0.409. The Morgan fingerprint density at radius 2 is 1.79 bits per heavy atom. The number of halogens is 1. The molecule has 1 amide bonds. The summed E-state index contributed by atoms with van der Waals surface area (Å²) in [6.45, 7) is 1.42. The molecular weight excluding hydrogens is 408 g/mol. The molecule has 0 aromatic heterocycles. The molecule has 154 valence electrons. The third-order valence-electron chi connectivity index (χ3n) is 6.21. The fourth-order valence-corrected chi connectivity index (χ4v) is 6.50. The Morgan fingerprint density at radius 3 is 2.45 bits per heavy atom. The summed E-state index contributed by atoms with van der Waals surface area (Å²) in [4.78, 5) is 12.8. The van der Waals surface area contributed by atoms with Crippen molar-refractivity contribution in [1.29, 1.82) is 0 Å². The lowest BCUT2D eigenvalue weighted by Crippen LogP contribution is -2.68. The van der Waals surface area contributed by atoms with Gasteiger partial charge in [-0.05, 0) is 43.4 Å². The van der Waals surface area contributed by atoms with Crippen molar-refractivity contribution >= 4 is 27.5 Å². The molecule has 0 radical (unpaired) electrons. The maximum atomic E-state index is 12.8. The number of nitrogens with one attached hydrogen (secondary N) is 1. The first-order chi connectivity index (χ1) is 13.9. The van der Waals surface area contributed by atoms with Crippen molar-refractivity contribution in [2.24, 2.45) is 11.3 Å². The number of rotatable bonds is 7. The molecule has 1 aliphatic heterocycles. The van der Waals surface area contributed by atoms with Crippen LogP contribution in [0.5, 0.6) is 0 Å². The van der Waals surface area contributed by atoms with Crippen LogP contribution in [-0.2, 0) is 21.2 Å². The van der Waals surface area contributed by atoms with E-state index < -0.39 is 10.0 Å². The van der Waals surface area contributed by atoms with E-state index in [1.165, 1.54) is 15.9 Å². The smallest absolute Gasteiger partial charge is 0.244 e. The van der Waals surface area contributed by atoms with Crippen LogP contribution in [0.1, 0.15) is 24.8 Å². The van der Waals surface area contributed by atoms with Crippen molar-refractivity contribution < 1.29 is 13.2 Å².